The van der Waals surface area contributed by atoms with Crippen LogP contribution in [0.1, 0.15) is 31.5 Å². The third-order valence-electron chi connectivity index (χ3n) is 3.60. The van der Waals surface area contributed by atoms with E-state index in [1.807, 2.05) is 23.5 Å². The van der Waals surface area contributed by atoms with E-state index in [-0.39, 0.29) is 0 Å². The van der Waals surface area contributed by atoms with Gasteiger partial charge in [-0.1, -0.05) is 6.92 Å². The first-order valence-electron chi connectivity index (χ1n) is 6.97. The van der Waals surface area contributed by atoms with E-state index in [1.165, 1.54) is 23.6 Å². The summed E-state index contributed by atoms with van der Waals surface area (Å²) >= 11 is 1.91. The Morgan fingerprint density at radius 3 is 2.74 bits per heavy atom. The quantitative estimate of drug-likeness (QED) is 0.795. The van der Waals surface area contributed by atoms with Crippen molar-refractivity contribution in [2.24, 2.45) is 7.05 Å². The highest BCUT2D eigenvalue weighted by Crippen LogP contribution is 2.24. The molecule has 5 heteroatoms. The molecular weight excluding hydrogens is 256 g/mol. The van der Waals surface area contributed by atoms with Gasteiger partial charge in [-0.2, -0.15) is 16.9 Å². The zero-order valence-corrected chi connectivity index (χ0v) is 14.0. The van der Waals surface area contributed by atoms with E-state index < -0.39 is 0 Å². The van der Waals surface area contributed by atoms with Crippen molar-refractivity contribution in [3.63, 3.8) is 0 Å². The third-order valence-corrected chi connectivity index (χ3v) is 4.24. The van der Waals surface area contributed by atoms with Gasteiger partial charge in [-0.05, 0) is 38.8 Å². The number of hydrogen-bond acceptors (Lipinski definition) is 4. The fraction of sp³-hybridized carbons (Fsp3) is 0.786. The molecule has 1 unspecified atom stereocenters. The average molecular weight is 284 g/mol. The van der Waals surface area contributed by atoms with Crippen molar-refractivity contribution >= 4 is 17.6 Å². The number of anilines is 1. The molecule has 1 rings (SSSR count). The van der Waals surface area contributed by atoms with Gasteiger partial charge in [-0.25, -0.2) is 0 Å². The van der Waals surface area contributed by atoms with Gasteiger partial charge in [0.15, 0.2) is 0 Å². The zero-order chi connectivity index (χ0) is 14.4. The van der Waals surface area contributed by atoms with Crippen LogP contribution in [0.15, 0.2) is 0 Å². The van der Waals surface area contributed by atoms with Crippen molar-refractivity contribution in [3.05, 3.63) is 11.3 Å². The summed E-state index contributed by atoms with van der Waals surface area (Å²) in [5.41, 5.74) is 2.45. The Balaban J connectivity index is 2.90. The molecule has 0 saturated heterocycles. The highest BCUT2D eigenvalue weighted by atomic mass is 32.2. The lowest BCUT2D eigenvalue weighted by molar-refractivity contribution is 0.628. The molecule has 0 aliphatic rings. The second-order valence-corrected chi connectivity index (χ2v) is 6.02. The van der Waals surface area contributed by atoms with Gasteiger partial charge in [0, 0.05) is 32.2 Å². The lowest BCUT2D eigenvalue weighted by Crippen LogP contribution is -2.32. The molecule has 1 aromatic rings. The first-order valence-corrected chi connectivity index (χ1v) is 8.37. The minimum atomic E-state index is 0.530. The number of aryl methyl sites for hydroxylation is 2. The highest BCUT2D eigenvalue weighted by molar-refractivity contribution is 7.98. The van der Waals surface area contributed by atoms with E-state index in [2.05, 4.69) is 49.4 Å². The topological polar surface area (TPSA) is 33.1 Å². The van der Waals surface area contributed by atoms with E-state index in [0.29, 0.717) is 6.04 Å². The second kappa shape index (κ2) is 7.80. The van der Waals surface area contributed by atoms with Crippen LogP contribution in [0.3, 0.4) is 0 Å². The van der Waals surface area contributed by atoms with E-state index in [1.54, 1.807) is 0 Å². The van der Waals surface area contributed by atoms with Crippen LogP contribution in [-0.4, -0.2) is 41.4 Å². The molecule has 4 nitrogen and oxygen atoms in total. The first-order chi connectivity index (χ1) is 9.02. The largest absolute Gasteiger partial charge is 0.357 e. The Labute approximate surface area is 121 Å². The summed E-state index contributed by atoms with van der Waals surface area (Å²) < 4.78 is 2.01. The molecule has 19 heavy (non-hydrogen) atoms. The maximum absolute atomic E-state index is 4.58. The van der Waals surface area contributed by atoms with Gasteiger partial charge in [0.2, 0.25) is 0 Å². The predicted octanol–water partition coefficient (Wildman–Crippen LogP) is 2.42. The van der Waals surface area contributed by atoms with Crippen molar-refractivity contribution in [3.8, 4) is 0 Å². The molecule has 1 N–H and O–H groups in total. The standard InChI is InChI=1S/C14H28N4S/c1-7-15-10-13-12(3)16-18(5)14(13)17(4)11(2)8-9-19-6/h11,15H,7-10H2,1-6H3. The number of aromatic nitrogens is 2. The van der Waals surface area contributed by atoms with E-state index in [4.69, 9.17) is 0 Å². The lowest BCUT2D eigenvalue weighted by Gasteiger charge is -2.28. The zero-order valence-electron chi connectivity index (χ0n) is 13.2. The van der Waals surface area contributed by atoms with Crippen LogP contribution in [0.2, 0.25) is 0 Å². The van der Waals surface area contributed by atoms with Gasteiger partial charge in [0.05, 0.1) is 5.69 Å². The van der Waals surface area contributed by atoms with Crippen LogP contribution in [0, 0.1) is 6.92 Å². The van der Waals surface area contributed by atoms with Crippen molar-refractivity contribution in [2.75, 3.05) is 30.5 Å². The Morgan fingerprint density at radius 1 is 1.47 bits per heavy atom. The van der Waals surface area contributed by atoms with Gasteiger partial charge in [-0.3, -0.25) is 4.68 Å². The number of rotatable bonds is 8. The number of nitrogens with one attached hydrogen (secondary N) is 1. The average Bonchev–Trinajstić information content (AvgIpc) is 2.66. The second-order valence-electron chi connectivity index (χ2n) is 5.03. The number of thioether (sulfide) groups is 1. The maximum atomic E-state index is 4.58. The minimum Gasteiger partial charge on any atom is -0.357 e. The highest BCUT2D eigenvalue weighted by Gasteiger charge is 2.19. The Kier molecular flexibility index (Phi) is 6.72. The number of hydrogen-bond donors (Lipinski definition) is 1. The minimum absolute atomic E-state index is 0.530. The van der Waals surface area contributed by atoms with Crippen molar-refractivity contribution in [1.29, 1.82) is 0 Å². The molecule has 0 aliphatic heterocycles. The SMILES string of the molecule is CCNCc1c(C)nn(C)c1N(C)C(C)CCSC. The summed E-state index contributed by atoms with van der Waals surface area (Å²) in [6, 6.07) is 0.530. The van der Waals surface area contributed by atoms with Gasteiger partial charge >= 0.3 is 0 Å². The predicted molar refractivity (Wildman–Crippen MR) is 86.2 cm³/mol. The first kappa shape index (κ1) is 16.4. The maximum Gasteiger partial charge on any atom is 0.131 e. The molecular formula is C14H28N4S. The summed E-state index contributed by atoms with van der Waals surface area (Å²) in [6.07, 6.45) is 3.36. The summed E-state index contributed by atoms with van der Waals surface area (Å²) in [7, 11) is 4.21. The van der Waals surface area contributed by atoms with Gasteiger partial charge in [0.25, 0.3) is 0 Å². The van der Waals surface area contributed by atoms with Crippen LogP contribution in [0.4, 0.5) is 5.82 Å². The Morgan fingerprint density at radius 2 is 2.16 bits per heavy atom. The van der Waals surface area contributed by atoms with Crippen LogP contribution >= 0.6 is 11.8 Å². The van der Waals surface area contributed by atoms with Gasteiger partial charge < -0.3 is 10.2 Å². The fourth-order valence-corrected chi connectivity index (χ4v) is 2.86. The lowest BCUT2D eigenvalue weighted by atomic mass is 10.2. The molecule has 0 radical (unpaired) electrons. The molecule has 0 bridgehead atoms. The molecule has 1 heterocycles. The Hall–Kier alpha value is -0.680. The monoisotopic (exact) mass is 284 g/mol. The smallest absolute Gasteiger partial charge is 0.131 e. The fourth-order valence-electron chi connectivity index (χ4n) is 2.28. The normalized spacial score (nSPS) is 12.7. The molecule has 1 atom stereocenters. The van der Waals surface area contributed by atoms with Crippen LogP contribution in [-0.2, 0) is 13.6 Å². The van der Waals surface area contributed by atoms with Crippen LogP contribution in [0.25, 0.3) is 0 Å². The Bertz CT molecular complexity index is 389. The number of nitrogens with zero attached hydrogens (tertiary/aromatic N) is 3. The van der Waals surface area contributed by atoms with Gasteiger partial charge in [-0.15, -0.1) is 0 Å². The van der Waals surface area contributed by atoms with E-state index in [9.17, 15) is 0 Å². The van der Waals surface area contributed by atoms with Crippen LogP contribution < -0.4 is 10.2 Å². The summed E-state index contributed by atoms with van der Waals surface area (Å²) in [5.74, 6) is 2.44. The summed E-state index contributed by atoms with van der Waals surface area (Å²) in [5, 5.41) is 7.99. The van der Waals surface area contributed by atoms with E-state index in [0.717, 1.165) is 18.8 Å². The molecule has 0 amide bonds. The molecule has 0 spiro atoms. The van der Waals surface area contributed by atoms with Crippen LogP contribution in [0.5, 0.6) is 0 Å². The molecule has 1 aromatic heterocycles. The van der Waals surface area contributed by atoms with Crippen molar-refractivity contribution in [2.45, 2.75) is 39.8 Å². The molecule has 0 aliphatic carbocycles. The molecule has 0 aromatic carbocycles. The third kappa shape index (κ3) is 4.14. The molecule has 0 fully saturated rings. The summed E-state index contributed by atoms with van der Waals surface area (Å²) in [4.78, 5) is 2.36. The summed E-state index contributed by atoms with van der Waals surface area (Å²) in [6.45, 7) is 8.40. The van der Waals surface area contributed by atoms with Gasteiger partial charge in [0.1, 0.15) is 5.82 Å². The van der Waals surface area contributed by atoms with Crippen molar-refractivity contribution < 1.29 is 0 Å². The molecule has 110 valence electrons. The molecule has 0 saturated carbocycles. The van der Waals surface area contributed by atoms with Crippen molar-refractivity contribution in [1.82, 2.24) is 15.1 Å². The van der Waals surface area contributed by atoms with E-state index >= 15 is 0 Å².